The summed E-state index contributed by atoms with van der Waals surface area (Å²) in [5.74, 6) is 3.36. The van der Waals surface area contributed by atoms with Crippen LogP contribution >= 0.6 is 11.3 Å². The summed E-state index contributed by atoms with van der Waals surface area (Å²) >= 11 is 1.71. The molecule has 0 N–H and O–H groups in total. The molecule has 0 aromatic carbocycles. The lowest BCUT2D eigenvalue weighted by Gasteiger charge is -2.36. The summed E-state index contributed by atoms with van der Waals surface area (Å²) in [6.45, 7) is 10.1. The highest BCUT2D eigenvalue weighted by Crippen LogP contribution is 2.29. The Morgan fingerprint density at radius 2 is 1.80 bits per heavy atom. The zero-order chi connectivity index (χ0) is 17.4. The first-order chi connectivity index (χ1) is 12.1. The van der Waals surface area contributed by atoms with Crippen molar-refractivity contribution in [3.63, 3.8) is 0 Å². The van der Waals surface area contributed by atoms with E-state index in [-0.39, 0.29) is 0 Å². The summed E-state index contributed by atoms with van der Waals surface area (Å²) in [6, 6.07) is 4.14. The molecule has 3 aromatic heterocycles. The van der Waals surface area contributed by atoms with Crippen LogP contribution in [0, 0.1) is 6.92 Å². The zero-order valence-electron chi connectivity index (χ0n) is 14.8. The van der Waals surface area contributed by atoms with Gasteiger partial charge in [0.05, 0.1) is 10.2 Å². The van der Waals surface area contributed by atoms with Crippen LogP contribution in [0.5, 0.6) is 0 Å². The lowest BCUT2D eigenvalue weighted by molar-refractivity contribution is 0.637. The molecule has 0 bridgehead atoms. The number of rotatable bonds is 3. The molecule has 1 saturated heterocycles. The first-order valence-corrected chi connectivity index (χ1v) is 9.53. The number of nitrogens with zero attached hydrogens (tertiary/aromatic N) is 6. The van der Waals surface area contributed by atoms with Gasteiger partial charge in [0.1, 0.15) is 23.8 Å². The molecule has 1 aliphatic rings. The van der Waals surface area contributed by atoms with Gasteiger partial charge in [0.25, 0.3) is 0 Å². The van der Waals surface area contributed by atoms with Crippen molar-refractivity contribution >= 4 is 33.2 Å². The quantitative estimate of drug-likeness (QED) is 0.720. The number of aromatic nitrogens is 4. The van der Waals surface area contributed by atoms with Crippen LogP contribution < -0.4 is 9.80 Å². The number of hydrogen-bond acceptors (Lipinski definition) is 7. The van der Waals surface area contributed by atoms with Crippen molar-refractivity contribution in [3.05, 3.63) is 35.4 Å². The first kappa shape index (κ1) is 16.2. The van der Waals surface area contributed by atoms with E-state index in [0.717, 1.165) is 54.8 Å². The summed E-state index contributed by atoms with van der Waals surface area (Å²) in [6.07, 6.45) is 1.67. The second kappa shape index (κ2) is 6.55. The molecular formula is C18H22N6S. The number of thiophene rings is 1. The number of piperazine rings is 1. The lowest BCUT2D eigenvalue weighted by atomic mass is 10.2. The molecule has 0 spiro atoms. The summed E-state index contributed by atoms with van der Waals surface area (Å²) in [7, 11) is 0. The predicted octanol–water partition coefficient (Wildman–Crippen LogP) is 3.24. The third kappa shape index (κ3) is 3.16. The van der Waals surface area contributed by atoms with Crippen LogP contribution in [-0.4, -0.2) is 46.1 Å². The van der Waals surface area contributed by atoms with Crippen molar-refractivity contribution in [1.29, 1.82) is 0 Å². The fraction of sp³-hybridized carbons (Fsp3) is 0.444. The number of hydrogen-bond donors (Lipinski definition) is 0. The Bertz CT molecular complexity index is 882. The Hall–Kier alpha value is -2.28. The fourth-order valence-corrected chi connectivity index (χ4v) is 4.00. The van der Waals surface area contributed by atoms with E-state index in [0.29, 0.717) is 5.92 Å². The molecule has 0 atom stereocenters. The van der Waals surface area contributed by atoms with Crippen molar-refractivity contribution in [2.45, 2.75) is 26.7 Å². The van der Waals surface area contributed by atoms with E-state index < -0.39 is 0 Å². The number of fused-ring (bicyclic) bond motifs is 1. The molecule has 0 unspecified atom stereocenters. The molecule has 3 aromatic rings. The molecule has 1 fully saturated rings. The Kier molecular flexibility index (Phi) is 4.25. The summed E-state index contributed by atoms with van der Waals surface area (Å²) in [5.41, 5.74) is 2.07. The lowest BCUT2D eigenvalue weighted by Crippen LogP contribution is -2.47. The van der Waals surface area contributed by atoms with Crippen LogP contribution in [0.15, 0.2) is 23.8 Å². The summed E-state index contributed by atoms with van der Waals surface area (Å²) < 4.78 is 1.18. The Balaban J connectivity index is 1.53. The molecule has 25 heavy (non-hydrogen) atoms. The van der Waals surface area contributed by atoms with Gasteiger partial charge in [-0.15, -0.1) is 11.3 Å². The Labute approximate surface area is 151 Å². The topological polar surface area (TPSA) is 58.0 Å². The highest BCUT2D eigenvalue weighted by atomic mass is 32.1. The molecule has 130 valence electrons. The van der Waals surface area contributed by atoms with Crippen molar-refractivity contribution < 1.29 is 0 Å². The van der Waals surface area contributed by atoms with E-state index in [9.17, 15) is 0 Å². The van der Waals surface area contributed by atoms with Crippen LogP contribution in [0.4, 0.5) is 11.6 Å². The van der Waals surface area contributed by atoms with Crippen LogP contribution in [0.3, 0.4) is 0 Å². The van der Waals surface area contributed by atoms with E-state index in [2.05, 4.69) is 56.1 Å². The molecule has 0 amide bonds. The van der Waals surface area contributed by atoms with Gasteiger partial charge >= 0.3 is 0 Å². The van der Waals surface area contributed by atoms with Gasteiger partial charge in [0.15, 0.2) is 0 Å². The van der Waals surface area contributed by atoms with E-state index in [1.165, 1.54) is 4.70 Å². The predicted molar refractivity (Wildman–Crippen MR) is 103 cm³/mol. The van der Waals surface area contributed by atoms with Gasteiger partial charge in [-0.2, -0.15) is 0 Å². The largest absolute Gasteiger partial charge is 0.353 e. The molecule has 0 saturated carbocycles. The van der Waals surface area contributed by atoms with Crippen LogP contribution in [0.2, 0.25) is 0 Å². The first-order valence-electron chi connectivity index (χ1n) is 8.65. The van der Waals surface area contributed by atoms with Crippen molar-refractivity contribution in [3.8, 4) is 0 Å². The van der Waals surface area contributed by atoms with E-state index >= 15 is 0 Å². The van der Waals surface area contributed by atoms with Crippen LogP contribution in [0.25, 0.3) is 10.2 Å². The fourth-order valence-electron chi connectivity index (χ4n) is 3.14. The summed E-state index contributed by atoms with van der Waals surface area (Å²) in [5, 5.41) is 2.08. The summed E-state index contributed by atoms with van der Waals surface area (Å²) in [4.78, 5) is 22.9. The van der Waals surface area contributed by atoms with Gasteiger partial charge in [0, 0.05) is 43.9 Å². The number of aryl methyl sites for hydroxylation is 1. The maximum atomic E-state index is 4.77. The van der Waals surface area contributed by atoms with E-state index in [1.54, 1.807) is 17.7 Å². The molecule has 1 aliphatic heterocycles. The highest BCUT2D eigenvalue weighted by Gasteiger charge is 2.22. The van der Waals surface area contributed by atoms with Crippen molar-refractivity contribution in [2.75, 3.05) is 36.0 Å². The monoisotopic (exact) mass is 354 g/mol. The van der Waals surface area contributed by atoms with Crippen molar-refractivity contribution in [1.82, 2.24) is 19.9 Å². The molecule has 0 radical (unpaired) electrons. The minimum atomic E-state index is 0.341. The van der Waals surface area contributed by atoms with Gasteiger partial charge in [-0.05, 0) is 18.4 Å². The average Bonchev–Trinajstić information content (AvgIpc) is 3.10. The second-order valence-corrected chi connectivity index (χ2v) is 7.60. The van der Waals surface area contributed by atoms with Gasteiger partial charge < -0.3 is 9.80 Å². The number of anilines is 2. The molecule has 7 heteroatoms. The molecule has 6 nitrogen and oxygen atoms in total. The molecule has 4 heterocycles. The maximum Gasteiger partial charge on any atom is 0.150 e. The third-order valence-electron chi connectivity index (χ3n) is 4.50. The van der Waals surface area contributed by atoms with Gasteiger partial charge in [-0.25, -0.2) is 19.9 Å². The Morgan fingerprint density at radius 3 is 2.56 bits per heavy atom. The zero-order valence-corrected chi connectivity index (χ0v) is 15.6. The average molecular weight is 354 g/mol. The van der Waals surface area contributed by atoms with Crippen LogP contribution in [-0.2, 0) is 0 Å². The Morgan fingerprint density at radius 1 is 1.04 bits per heavy atom. The molecular weight excluding hydrogens is 332 g/mol. The maximum absolute atomic E-state index is 4.77. The molecule has 4 rings (SSSR count). The normalized spacial score (nSPS) is 15.4. The van der Waals surface area contributed by atoms with Gasteiger partial charge in [0.2, 0.25) is 0 Å². The molecule has 0 aliphatic carbocycles. The SMILES string of the molecule is Cc1cc(N2CCN(c3ncnc4ccsc34)CC2)nc(C(C)C)n1. The van der Waals surface area contributed by atoms with E-state index in [1.807, 2.05) is 6.92 Å². The highest BCUT2D eigenvalue weighted by molar-refractivity contribution is 7.17. The van der Waals surface area contributed by atoms with Crippen molar-refractivity contribution in [2.24, 2.45) is 0 Å². The standard InChI is InChI=1S/C18H22N6S/c1-12(2)17-21-13(3)10-15(22-17)23-5-7-24(8-6-23)18-16-14(4-9-25-16)19-11-20-18/h4,9-12H,5-8H2,1-3H3. The van der Waals surface area contributed by atoms with Gasteiger partial charge in [-0.3, -0.25) is 0 Å². The minimum absolute atomic E-state index is 0.341. The third-order valence-corrected chi connectivity index (χ3v) is 5.40. The minimum Gasteiger partial charge on any atom is -0.353 e. The van der Waals surface area contributed by atoms with E-state index in [4.69, 9.17) is 4.98 Å². The second-order valence-electron chi connectivity index (χ2n) is 6.69. The van der Waals surface area contributed by atoms with Crippen LogP contribution in [0.1, 0.15) is 31.3 Å². The van der Waals surface area contributed by atoms with Gasteiger partial charge in [-0.1, -0.05) is 13.8 Å². The smallest absolute Gasteiger partial charge is 0.150 e.